The Morgan fingerprint density at radius 3 is 2.59 bits per heavy atom. The van der Waals surface area contributed by atoms with Gasteiger partial charge in [-0.1, -0.05) is 0 Å². The van der Waals surface area contributed by atoms with Crippen molar-refractivity contribution in [2.24, 2.45) is 0 Å². The lowest BCUT2D eigenvalue weighted by atomic mass is 10.3. The molecule has 0 aliphatic carbocycles. The van der Waals surface area contributed by atoms with Crippen molar-refractivity contribution in [2.45, 2.75) is 17.9 Å². The van der Waals surface area contributed by atoms with Crippen molar-refractivity contribution in [3.63, 3.8) is 0 Å². The minimum absolute atomic E-state index is 0.427. The van der Waals surface area contributed by atoms with Crippen LogP contribution in [0, 0.1) is 11.6 Å². The zero-order valence-corrected chi connectivity index (χ0v) is 11.1. The van der Waals surface area contributed by atoms with Crippen molar-refractivity contribution in [3.05, 3.63) is 28.2 Å². The molecule has 1 aromatic rings. The molecule has 0 saturated carbocycles. The zero-order chi connectivity index (χ0) is 13.2. The Morgan fingerprint density at radius 2 is 2.06 bits per heavy atom. The molecule has 0 aliphatic heterocycles. The molecule has 0 radical (unpaired) electrons. The Morgan fingerprint density at radius 1 is 1.47 bits per heavy atom. The molecule has 4 nitrogen and oxygen atoms in total. The Balaban J connectivity index is 3.21. The normalized spacial score (nSPS) is 13.7. The maximum atomic E-state index is 13.5. The number of hydrogen-bond acceptors (Lipinski definition) is 3. The van der Waals surface area contributed by atoms with Gasteiger partial charge in [-0.15, -0.1) is 0 Å². The highest BCUT2D eigenvalue weighted by atomic mass is 79.9. The third-order valence-electron chi connectivity index (χ3n) is 1.92. The first-order chi connectivity index (χ1) is 7.79. The van der Waals surface area contributed by atoms with E-state index in [1.54, 1.807) is 0 Å². The van der Waals surface area contributed by atoms with Gasteiger partial charge in [-0.05, 0) is 35.0 Å². The second kappa shape index (κ2) is 5.38. The molecule has 0 aliphatic rings. The van der Waals surface area contributed by atoms with Crippen molar-refractivity contribution >= 4 is 26.0 Å². The number of benzene rings is 1. The van der Waals surface area contributed by atoms with Gasteiger partial charge in [0.05, 0.1) is 11.1 Å². The first-order valence-corrected chi connectivity index (χ1v) is 6.84. The predicted molar refractivity (Wildman–Crippen MR) is 60.9 cm³/mol. The molecular formula is C9H10BrF2NO3S. The van der Waals surface area contributed by atoms with Crippen molar-refractivity contribution in [3.8, 4) is 0 Å². The first-order valence-electron chi connectivity index (χ1n) is 4.56. The van der Waals surface area contributed by atoms with Crippen LogP contribution in [-0.4, -0.2) is 26.2 Å². The first kappa shape index (κ1) is 14.5. The molecule has 0 aromatic heterocycles. The molecule has 1 unspecified atom stereocenters. The highest BCUT2D eigenvalue weighted by Gasteiger charge is 2.24. The summed E-state index contributed by atoms with van der Waals surface area (Å²) >= 11 is 2.61. The largest absolute Gasteiger partial charge is 0.395 e. The van der Waals surface area contributed by atoms with Crippen LogP contribution < -0.4 is 4.72 Å². The van der Waals surface area contributed by atoms with Gasteiger partial charge in [0.25, 0.3) is 0 Å². The zero-order valence-electron chi connectivity index (χ0n) is 8.75. The highest BCUT2D eigenvalue weighted by molar-refractivity contribution is 9.10. The lowest BCUT2D eigenvalue weighted by molar-refractivity contribution is 0.265. The molecule has 2 N–H and O–H groups in total. The van der Waals surface area contributed by atoms with Gasteiger partial charge < -0.3 is 5.11 Å². The summed E-state index contributed by atoms with van der Waals surface area (Å²) in [6.07, 6.45) is 0. The van der Waals surface area contributed by atoms with Crippen LogP contribution >= 0.6 is 15.9 Å². The molecule has 8 heteroatoms. The fraction of sp³-hybridized carbons (Fsp3) is 0.333. The fourth-order valence-corrected chi connectivity index (χ4v) is 2.87. The smallest absolute Gasteiger partial charge is 0.243 e. The van der Waals surface area contributed by atoms with E-state index in [-0.39, 0.29) is 0 Å². The van der Waals surface area contributed by atoms with E-state index in [0.717, 1.165) is 12.1 Å². The number of aliphatic hydroxyl groups excluding tert-OH is 1. The van der Waals surface area contributed by atoms with Crippen LogP contribution in [0.4, 0.5) is 8.78 Å². The summed E-state index contributed by atoms with van der Waals surface area (Å²) < 4.78 is 51.3. The molecular weight excluding hydrogens is 320 g/mol. The van der Waals surface area contributed by atoms with Gasteiger partial charge in [0.1, 0.15) is 10.7 Å². The molecule has 1 aromatic carbocycles. The van der Waals surface area contributed by atoms with Gasteiger partial charge in [0.2, 0.25) is 10.0 Å². The molecule has 0 fully saturated rings. The molecule has 0 spiro atoms. The summed E-state index contributed by atoms with van der Waals surface area (Å²) in [7, 11) is -4.12. The SMILES string of the molecule is CC(CO)NS(=O)(=O)c1ccc(F)c(Br)c1F. The molecule has 1 atom stereocenters. The number of halogens is 3. The summed E-state index contributed by atoms with van der Waals surface area (Å²) in [5, 5.41) is 8.72. The monoisotopic (exact) mass is 329 g/mol. The standard InChI is InChI=1S/C9H10BrF2NO3S/c1-5(4-14)13-17(15,16)7-3-2-6(11)8(10)9(7)12/h2-3,5,13-14H,4H2,1H3. The van der Waals surface area contributed by atoms with Gasteiger partial charge in [-0.2, -0.15) is 0 Å². The van der Waals surface area contributed by atoms with Crippen molar-refractivity contribution in [2.75, 3.05) is 6.61 Å². The van der Waals surface area contributed by atoms with Crippen LogP contribution in [0.1, 0.15) is 6.92 Å². The van der Waals surface area contributed by atoms with Crippen molar-refractivity contribution in [1.29, 1.82) is 0 Å². The minimum Gasteiger partial charge on any atom is -0.395 e. The molecule has 0 amide bonds. The number of sulfonamides is 1. The van der Waals surface area contributed by atoms with E-state index in [1.165, 1.54) is 6.92 Å². The number of hydrogen-bond donors (Lipinski definition) is 2. The summed E-state index contributed by atoms with van der Waals surface area (Å²) in [4.78, 5) is -0.675. The van der Waals surface area contributed by atoms with Gasteiger partial charge in [-0.25, -0.2) is 21.9 Å². The molecule has 1 rings (SSSR count). The fourth-order valence-electron chi connectivity index (χ4n) is 1.08. The Hall–Kier alpha value is -0.570. The van der Waals surface area contributed by atoms with Gasteiger partial charge in [0, 0.05) is 6.04 Å². The summed E-state index contributed by atoms with van der Waals surface area (Å²) in [5.74, 6) is -2.10. The van der Waals surface area contributed by atoms with E-state index in [2.05, 4.69) is 15.9 Å². The average Bonchev–Trinajstić information content (AvgIpc) is 2.24. The Kier molecular flexibility index (Phi) is 4.59. The summed E-state index contributed by atoms with van der Waals surface area (Å²) in [6, 6.07) is 0.899. The molecule has 0 heterocycles. The maximum Gasteiger partial charge on any atom is 0.243 e. The van der Waals surface area contributed by atoms with Crippen molar-refractivity contribution in [1.82, 2.24) is 4.72 Å². The van der Waals surface area contributed by atoms with E-state index in [9.17, 15) is 17.2 Å². The minimum atomic E-state index is -4.12. The van der Waals surface area contributed by atoms with Crippen LogP contribution in [-0.2, 0) is 10.0 Å². The van der Waals surface area contributed by atoms with E-state index < -0.39 is 43.7 Å². The molecule has 0 saturated heterocycles. The number of nitrogens with one attached hydrogen (secondary N) is 1. The van der Waals surface area contributed by atoms with Crippen LogP contribution in [0.5, 0.6) is 0 Å². The molecule has 0 bridgehead atoms. The van der Waals surface area contributed by atoms with Crippen LogP contribution in [0.2, 0.25) is 0 Å². The highest BCUT2D eigenvalue weighted by Crippen LogP contribution is 2.25. The lowest BCUT2D eigenvalue weighted by Crippen LogP contribution is -2.35. The van der Waals surface area contributed by atoms with E-state index in [0.29, 0.717) is 0 Å². The van der Waals surface area contributed by atoms with Gasteiger partial charge >= 0.3 is 0 Å². The predicted octanol–water partition coefficient (Wildman–Crippen LogP) is 1.39. The third-order valence-corrected chi connectivity index (χ3v) is 4.25. The maximum absolute atomic E-state index is 13.5. The second-order valence-electron chi connectivity index (χ2n) is 3.38. The summed E-state index contributed by atoms with van der Waals surface area (Å²) in [5.41, 5.74) is 0. The molecule has 96 valence electrons. The van der Waals surface area contributed by atoms with Gasteiger partial charge in [0.15, 0.2) is 5.82 Å². The quantitative estimate of drug-likeness (QED) is 0.820. The van der Waals surface area contributed by atoms with Crippen LogP contribution in [0.15, 0.2) is 21.5 Å². The van der Waals surface area contributed by atoms with Crippen molar-refractivity contribution < 1.29 is 22.3 Å². The second-order valence-corrected chi connectivity index (χ2v) is 5.85. The van der Waals surface area contributed by atoms with Crippen LogP contribution in [0.3, 0.4) is 0 Å². The molecule has 17 heavy (non-hydrogen) atoms. The van der Waals surface area contributed by atoms with E-state index in [4.69, 9.17) is 5.11 Å². The number of rotatable bonds is 4. The Labute approximate surface area is 106 Å². The summed E-state index contributed by atoms with van der Waals surface area (Å²) in [6.45, 7) is 0.983. The Bertz CT molecular complexity index is 521. The average molecular weight is 330 g/mol. The van der Waals surface area contributed by atoms with E-state index >= 15 is 0 Å². The van der Waals surface area contributed by atoms with E-state index in [1.807, 2.05) is 4.72 Å². The third kappa shape index (κ3) is 3.21. The topological polar surface area (TPSA) is 66.4 Å². The van der Waals surface area contributed by atoms with Gasteiger partial charge in [-0.3, -0.25) is 0 Å². The number of aliphatic hydroxyl groups is 1. The lowest BCUT2D eigenvalue weighted by Gasteiger charge is -2.12. The van der Waals surface area contributed by atoms with Crippen LogP contribution in [0.25, 0.3) is 0 Å².